The number of nitrogens with one attached hydrogen (secondary N) is 2. The number of halogens is 1. The second-order valence-corrected chi connectivity index (χ2v) is 5.69. The maximum Gasteiger partial charge on any atom is 0.203 e. The topological polar surface area (TPSA) is 64.1 Å². The van der Waals surface area contributed by atoms with Gasteiger partial charge in [0.2, 0.25) is 5.75 Å². The van der Waals surface area contributed by atoms with Gasteiger partial charge in [0.25, 0.3) is 0 Å². The second-order valence-electron chi connectivity index (χ2n) is 5.69. The van der Waals surface area contributed by atoms with Gasteiger partial charge < -0.3 is 24.8 Å². The Morgan fingerprint density at radius 2 is 1.67 bits per heavy atom. The van der Waals surface area contributed by atoms with Gasteiger partial charge in [-0.1, -0.05) is 18.2 Å². The molecule has 7 heteroatoms. The van der Waals surface area contributed by atoms with Gasteiger partial charge in [0.1, 0.15) is 5.82 Å². The second kappa shape index (κ2) is 10.3. The average Bonchev–Trinajstić information content (AvgIpc) is 2.70. The van der Waals surface area contributed by atoms with Crippen molar-refractivity contribution in [1.29, 1.82) is 0 Å². The van der Waals surface area contributed by atoms with Crippen LogP contribution in [0.1, 0.15) is 11.1 Å². The Balaban J connectivity index is 1.97. The predicted molar refractivity (Wildman–Crippen MR) is 104 cm³/mol. The summed E-state index contributed by atoms with van der Waals surface area (Å²) in [5.74, 6) is 2.17. The summed E-state index contributed by atoms with van der Waals surface area (Å²) in [5, 5.41) is 6.40. The summed E-state index contributed by atoms with van der Waals surface area (Å²) in [6.07, 6.45) is 0.563. The number of nitrogens with zero attached hydrogens (tertiary/aromatic N) is 1. The van der Waals surface area contributed by atoms with Crippen LogP contribution in [0, 0.1) is 5.82 Å². The predicted octanol–water partition coefficient (Wildman–Crippen LogP) is 2.76. The zero-order chi connectivity index (χ0) is 19.6. The quantitative estimate of drug-likeness (QED) is 0.549. The lowest BCUT2D eigenvalue weighted by Crippen LogP contribution is -2.38. The molecule has 0 heterocycles. The number of hydrogen-bond donors (Lipinski definition) is 2. The minimum absolute atomic E-state index is 0.197. The molecule has 2 rings (SSSR count). The van der Waals surface area contributed by atoms with E-state index in [-0.39, 0.29) is 5.82 Å². The fourth-order valence-electron chi connectivity index (χ4n) is 2.72. The molecule has 0 spiro atoms. The van der Waals surface area contributed by atoms with Crippen molar-refractivity contribution in [3.8, 4) is 17.2 Å². The molecule has 0 saturated heterocycles. The fourth-order valence-corrected chi connectivity index (χ4v) is 2.72. The largest absolute Gasteiger partial charge is 0.493 e. The van der Waals surface area contributed by atoms with E-state index in [4.69, 9.17) is 14.2 Å². The number of benzene rings is 2. The first-order chi connectivity index (χ1) is 13.1. The van der Waals surface area contributed by atoms with Crippen molar-refractivity contribution >= 4 is 5.96 Å². The fraction of sp³-hybridized carbons (Fsp3) is 0.350. The van der Waals surface area contributed by atoms with E-state index in [1.54, 1.807) is 40.5 Å². The molecule has 0 aliphatic rings. The van der Waals surface area contributed by atoms with E-state index >= 15 is 0 Å². The number of methoxy groups -OCH3 is 3. The standard InChI is InChI=1S/C20H26FN3O3/c1-22-20(23-12-11-14-7-5-6-8-16(14)21)24-13-15-9-10-17(25-2)19(27-4)18(15)26-3/h5-10H,11-13H2,1-4H3,(H2,22,23,24). The van der Waals surface area contributed by atoms with Crippen molar-refractivity contribution in [1.82, 2.24) is 10.6 Å². The normalized spacial score (nSPS) is 11.1. The Kier molecular flexibility index (Phi) is 7.73. The highest BCUT2D eigenvalue weighted by molar-refractivity contribution is 5.79. The molecule has 27 heavy (non-hydrogen) atoms. The van der Waals surface area contributed by atoms with Crippen LogP contribution >= 0.6 is 0 Å². The maximum absolute atomic E-state index is 13.7. The van der Waals surface area contributed by atoms with Crippen LogP contribution in [0.2, 0.25) is 0 Å². The summed E-state index contributed by atoms with van der Waals surface area (Å²) in [6.45, 7) is 1.03. The molecule has 0 bridgehead atoms. The summed E-state index contributed by atoms with van der Waals surface area (Å²) >= 11 is 0. The monoisotopic (exact) mass is 375 g/mol. The number of rotatable bonds is 8. The van der Waals surface area contributed by atoms with Crippen LogP contribution in [0.5, 0.6) is 17.2 Å². The summed E-state index contributed by atoms with van der Waals surface area (Å²) in [6, 6.07) is 10.5. The van der Waals surface area contributed by atoms with Crippen LogP contribution < -0.4 is 24.8 Å². The zero-order valence-electron chi connectivity index (χ0n) is 16.1. The van der Waals surface area contributed by atoms with Gasteiger partial charge in [-0.2, -0.15) is 0 Å². The molecule has 2 aromatic rings. The van der Waals surface area contributed by atoms with Gasteiger partial charge in [0.15, 0.2) is 17.5 Å². The van der Waals surface area contributed by atoms with Crippen LogP contribution in [0.15, 0.2) is 41.4 Å². The minimum Gasteiger partial charge on any atom is -0.493 e. The smallest absolute Gasteiger partial charge is 0.203 e. The van der Waals surface area contributed by atoms with E-state index in [0.29, 0.717) is 48.3 Å². The molecular formula is C20H26FN3O3. The van der Waals surface area contributed by atoms with Crippen LogP contribution in [-0.4, -0.2) is 40.9 Å². The molecule has 2 aromatic carbocycles. The molecule has 2 N–H and O–H groups in total. The maximum atomic E-state index is 13.7. The van der Waals surface area contributed by atoms with E-state index in [2.05, 4.69) is 15.6 Å². The molecule has 6 nitrogen and oxygen atoms in total. The van der Waals surface area contributed by atoms with Crippen molar-refractivity contribution < 1.29 is 18.6 Å². The summed E-state index contributed by atoms with van der Waals surface area (Å²) < 4.78 is 29.8. The molecule has 0 amide bonds. The van der Waals surface area contributed by atoms with E-state index in [1.165, 1.54) is 6.07 Å². The first kappa shape index (κ1) is 20.4. The molecule has 0 unspecified atom stereocenters. The van der Waals surface area contributed by atoms with Crippen LogP contribution in [0.4, 0.5) is 4.39 Å². The van der Waals surface area contributed by atoms with Crippen molar-refractivity contribution in [2.45, 2.75) is 13.0 Å². The average molecular weight is 375 g/mol. The molecule has 146 valence electrons. The number of hydrogen-bond acceptors (Lipinski definition) is 4. The molecule has 0 fully saturated rings. The van der Waals surface area contributed by atoms with Gasteiger partial charge in [-0.05, 0) is 30.2 Å². The van der Waals surface area contributed by atoms with E-state index in [9.17, 15) is 4.39 Å². The molecule has 0 aliphatic heterocycles. The third kappa shape index (κ3) is 5.26. The first-order valence-electron chi connectivity index (χ1n) is 8.60. The van der Waals surface area contributed by atoms with Crippen molar-refractivity contribution in [3.63, 3.8) is 0 Å². The summed E-state index contributed by atoms with van der Waals surface area (Å²) in [7, 11) is 6.42. The molecule has 0 saturated carbocycles. The van der Waals surface area contributed by atoms with E-state index < -0.39 is 0 Å². The van der Waals surface area contributed by atoms with Crippen LogP contribution in [0.25, 0.3) is 0 Å². The third-order valence-electron chi connectivity index (χ3n) is 4.10. The number of ether oxygens (including phenoxy) is 3. The highest BCUT2D eigenvalue weighted by atomic mass is 19.1. The Hall–Kier alpha value is -2.96. The van der Waals surface area contributed by atoms with E-state index in [0.717, 1.165) is 5.56 Å². The zero-order valence-corrected chi connectivity index (χ0v) is 16.1. The van der Waals surface area contributed by atoms with Gasteiger partial charge in [-0.3, -0.25) is 4.99 Å². The van der Waals surface area contributed by atoms with Crippen LogP contribution in [0.3, 0.4) is 0 Å². The highest BCUT2D eigenvalue weighted by Gasteiger charge is 2.15. The van der Waals surface area contributed by atoms with Gasteiger partial charge >= 0.3 is 0 Å². The number of aliphatic imine (C=N–C) groups is 1. The van der Waals surface area contributed by atoms with Gasteiger partial charge in [-0.15, -0.1) is 0 Å². The summed E-state index contributed by atoms with van der Waals surface area (Å²) in [4.78, 5) is 4.19. The van der Waals surface area contributed by atoms with Crippen molar-refractivity contribution in [2.75, 3.05) is 34.9 Å². The molecular weight excluding hydrogens is 349 g/mol. The Bertz CT molecular complexity index is 781. The van der Waals surface area contributed by atoms with Gasteiger partial charge in [0.05, 0.1) is 21.3 Å². The van der Waals surface area contributed by atoms with Crippen LogP contribution in [-0.2, 0) is 13.0 Å². The minimum atomic E-state index is -0.197. The lowest BCUT2D eigenvalue weighted by Gasteiger charge is -2.17. The van der Waals surface area contributed by atoms with Crippen molar-refractivity contribution in [2.24, 2.45) is 4.99 Å². The molecule has 0 aromatic heterocycles. The Labute approximate surface area is 159 Å². The molecule has 0 aliphatic carbocycles. The summed E-state index contributed by atoms with van der Waals surface area (Å²) in [5.41, 5.74) is 1.56. The highest BCUT2D eigenvalue weighted by Crippen LogP contribution is 2.39. The van der Waals surface area contributed by atoms with Gasteiger partial charge in [0, 0.05) is 25.7 Å². The SMILES string of the molecule is CN=C(NCCc1ccccc1F)NCc1ccc(OC)c(OC)c1OC. The van der Waals surface area contributed by atoms with Crippen molar-refractivity contribution in [3.05, 3.63) is 53.3 Å². The first-order valence-corrected chi connectivity index (χ1v) is 8.60. The molecule has 0 radical (unpaired) electrons. The Morgan fingerprint density at radius 1 is 0.926 bits per heavy atom. The van der Waals surface area contributed by atoms with E-state index in [1.807, 2.05) is 18.2 Å². The lowest BCUT2D eigenvalue weighted by molar-refractivity contribution is 0.322. The van der Waals surface area contributed by atoms with Gasteiger partial charge in [-0.25, -0.2) is 4.39 Å². The lowest BCUT2D eigenvalue weighted by atomic mass is 10.1. The number of guanidine groups is 1. The third-order valence-corrected chi connectivity index (χ3v) is 4.10. The Morgan fingerprint density at radius 3 is 2.30 bits per heavy atom. The molecule has 0 atom stereocenters.